The number of esters is 1. The van der Waals surface area contributed by atoms with Crippen molar-refractivity contribution in [3.63, 3.8) is 0 Å². The molecule has 3 N–H and O–H groups in total. The van der Waals surface area contributed by atoms with Crippen LogP contribution in [0.3, 0.4) is 0 Å². The summed E-state index contributed by atoms with van der Waals surface area (Å²) < 4.78 is 4.75. The number of aliphatic hydroxyl groups excluding tert-OH is 2. The molecule has 0 saturated carbocycles. The Morgan fingerprint density at radius 1 is 1.35 bits per heavy atom. The molecule has 0 heterocycles. The largest absolute Gasteiger partial charge is 0.466 e. The Kier molecular flexibility index (Phi) is 8.12. The maximum atomic E-state index is 11.1. The molecule has 0 fully saturated rings. The Labute approximate surface area is 103 Å². The lowest BCUT2D eigenvalue weighted by molar-refractivity contribution is -0.145. The summed E-state index contributed by atoms with van der Waals surface area (Å²) in [6, 6.07) is 0. The fourth-order valence-corrected chi connectivity index (χ4v) is 1.60. The molecule has 0 rings (SSSR count). The van der Waals surface area contributed by atoms with Gasteiger partial charge in [0.05, 0.1) is 25.7 Å². The molecule has 0 saturated heterocycles. The third kappa shape index (κ3) is 6.00. The van der Waals surface area contributed by atoms with E-state index in [4.69, 9.17) is 4.74 Å². The van der Waals surface area contributed by atoms with Crippen molar-refractivity contribution >= 4 is 5.97 Å². The molecular formula is C12H25NO4. The van der Waals surface area contributed by atoms with Crippen LogP contribution in [0.25, 0.3) is 0 Å². The van der Waals surface area contributed by atoms with E-state index >= 15 is 0 Å². The van der Waals surface area contributed by atoms with E-state index in [1.54, 1.807) is 6.92 Å². The first-order chi connectivity index (χ1) is 8.03. The lowest BCUT2D eigenvalue weighted by Gasteiger charge is -2.31. The van der Waals surface area contributed by atoms with E-state index in [9.17, 15) is 15.0 Å². The summed E-state index contributed by atoms with van der Waals surface area (Å²) in [4.78, 5) is 11.1. The standard InChI is InChI=1S/C12H25NO4/c1-4-12(5-2,9-14)13-8-10(15)7-11(16)17-6-3/h10,13-15H,4-9H2,1-3H3. The van der Waals surface area contributed by atoms with E-state index in [-0.39, 0.29) is 25.1 Å². The number of rotatable bonds is 9. The maximum Gasteiger partial charge on any atom is 0.308 e. The zero-order chi connectivity index (χ0) is 13.3. The molecule has 0 amide bonds. The number of hydrogen-bond acceptors (Lipinski definition) is 5. The monoisotopic (exact) mass is 247 g/mol. The average molecular weight is 247 g/mol. The molecule has 0 aromatic rings. The van der Waals surface area contributed by atoms with Crippen LogP contribution in [0.1, 0.15) is 40.0 Å². The molecule has 0 aliphatic carbocycles. The van der Waals surface area contributed by atoms with Gasteiger partial charge in [0.15, 0.2) is 0 Å². The van der Waals surface area contributed by atoms with Crippen LogP contribution in [0, 0.1) is 0 Å². The van der Waals surface area contributed by atoms with Crippen LogP contribution < -0.4 is 5.32 Å². The number of carbonyl (C=O) groups excluding carboxylic acids is 1. The lowest BCUT2D eigenvalue weighted by atomic mass is 9.93. The van der Waals surface area contributed by atoms with Gasteiger partial charge in [0, 0.05) is 12.1 Å². The summed E-state index contributed by atoms with van der Waals surface area (Å²) in [6.07, 6.45) is 0.742. The summed E-state index contributed by atoms with van der Waals surface area (Å²) in [6.45, 7) is 6.30. The second kappa shape index (κ2) is 8.44. The van der Waals surface area contributed by atoms with E-state index < -0.39 is 12.1 Å². The van der Waals surface area contributed by atoms with Gasteiger partial charge in [-0.05, 0) is 19.8 Å². The zero-order valence-corrected chi connectivity index (χ0v) is 11.0. The highest BCUT2D eigenvalue weighted by molar-refractivity contribution is 5.69. The van der Waals surface area contributed by atoms with Crippen LogP contribution in [0.5, 0.6) is 0 Å². The van der Waals surface area contributed by atoms with E-state index in [0.717, 1.165) is 12.8 Å². The van der Waals surface area contributed by atoms with Gasteiger partial charge in [-0.25, -0.2) is 0 Å². The Bertz CT molecular complexity index is 208. The van der Waals surface area contributed by atoms with Crippen molar-refractivity contribution in [3.05, 3.63) is 0 Å². The van der Waals surface area contributed by atoms with E-state index in [1.807, 2.05) is 13.8 Å². The lowest BCUT2D eigenvalue weighted by Crippen LogP contribution is -2.50. The Morgan fingerprint density at radius 2 is 1.94 bits per heavy atom. The molecule has 0 aliphatic rings. The van der Waals surface area contributed by atoms with Gasteiger partial charge in [0.2, 0.25) is 0 Å². The quantitative estimate of drug-likeness (QED) is 0.515. The van der Waals surface area contributed by atoms with Crippen LogP contribution in [0.2, 0.25) is 0 Å². The molecule has 0 radical (unpaired) electrons. The first-order valence-corrected chi connectivity index (χ1v) is 6.23. The minimum atomic E-state index is -0.780. The van der Waals surface area contributed by atoms with Crippen molar-refractivity contribution in [1.82, 2.24) is 5.32 Å². The van der Waals surface area contributed by atoms with Crippen LogP contribution in [-0.4, -0.2) is 47.6 Å². The molecule has 0 spiro atoms. The normalized spacial score (nSPS) is 13.5. The van der Waals surface area contributed by atoms with Crippen LogP contribution in [0.4, 0.5) is 0 Å². The highest BCUT2D eigenvalue weighted by atomic mass is 16.5. The summed E-state index contributed by atoms with van der Waals surface area (Å²) >= 11 is 0. The second-order valence-electron chi connectivity index (χ2n) is 4.19. The fraction of sp³-hybridized carbons (Fsp3) is 0.917. The summed E-state index contributed by atoms with van der Waals surface area (Å²) in [5.41, 5.74) is -0.365. The number of aliphatic hydroxyl groups is 2. The molecule has 0 aromatic carbocycles. The topological polar surface area (TPSA) is 78.8 Å². The van der Waals surface area contributed by atoms with Crippen molar-refractivity contribution in [2.75, 3.05) is 19.8 Å². The predicted molar refractivity (Wildman–Crippen MR) is 65.7 cm³/mol. The number of nitrogens with one attached hydrogen (secondary N) is 1. The van der Waals surface area contributed by atoms with Crippen molar-refractivity contribution in [3.8, 4) is 0 Å². The van der Waals surface area contributed by atoms with Gasteiger partial charge in [-0.2, -0.15) is 0 Å². The fourth-order valence-electron chi connectivity index (χ4n) is 1.60. The SMILES string of the molecule is CCOC(=O)CC(O)CNC(CC)(CC)CO. The number of hydrogen-bond donors (Lipinski definition) is 3. The van der Waals surface area contributed by atoms with Crippen LogP contribution in [-0.2, 0) is 9.53 Å². The van der Waals surface area contributed by atoms with Crippen molar-refractivity contribution in [2.45, 2.75) is 51.7 Å². The Balaban J connectivity index is 4.04. The van der Waals surface area contributed by atoms with E-state index in [2.05, 4.69) is 5.32 Å². The Hall–Kier alpha value is -0.650. The molecular weight excluding hydrogens is 222 g/mol. The van der Waals surface area contributed by atoms with Crippen molar-refractivity contribution < 1.29 is 19.7 Å². The number of carbonyl (C=O) groups is 1. The van der Waals surface area contributed by atoms with Crippen LogP contribution >= 0.6 is 0 Å². The summed E-state index contributed by atoms with van der Waals surface area (Å²) in [7, 11) is 0. The van der Waals surface area contributed by atoms with E-state index in [0.29, 0.717) is 6.61 Å². The third-order valence-electron chi connectivity index (χ3n) is 3.08. The van der Waals surface area contributed by atoms with Crippen molar-refractivity contribution in [2.24, 2.45) is 0 Å². The van der Waals surface area contributed by atoms with Crippen LogP contribution in [0.15, 0.2) is 0 Å². The minimum Gasteiger partial charge on any atom is -0.466 e. The Morgan fingerprint density at radius 3 is 2.35 bits per heavy atom. The van der Waals surface area contributed by atoms with Gasteiger partial charge in [-0.1, -0.05) is 13.8 Å². The van der Waals surface area contributed by atoms with Gasteiger partial charge in [-0.3, -0.25) is 4.79 Å². The predicted octanol–water partition coefficient (Wildman–Crippen LogP) is 0.441. The molecule has 0 aromatic heterocycles. The van der Waals surface area contributed by atoms with Gasteiger partial charge in [0.1, 0.15) is 0 Å². The number of β-amino-alcohol motifs (C(OH)–C–C–N with tert-alkyl or cyclic N) is 1. The minimum absolute atomic E-state index is 0.0181. The van der Waals surface area contributed by atoms with Gasteiger partial charge in [0.25, 0.3) is 0 Å². The molecule has 17 heavy (non-hydrogen) atoms. The molecule has 1 unspecified atom stereocenters. The second-order valence-corrected chi connectivity index (χ2v) is 4.19. The highest BCUT2D eigenvalue weighted by Crippen LogP contribution is 2.14. The van der Waals surface area contributed by atoms with Gasteiger partial charge >= 0.3 is 5.97 Å². The summed E-state index contributed by atoms with van der Waals surface area (Å²) in [5.74, 6) is -0.399. The molecule has 1 atom stereocenters. The molecule has 102 valence electrons. The van der Waals surface area contributed by atoms with Gasteiger partial charge in [-0.15, -0.1) is 0 Å². The molecule has 5 heteroatoms. The molecule has 5 nitrogen and oxygen atoms in total. The van der Waals surface area contributed by atoms with Gasteiger partial charge < -0.3 is 20.3 Å². The summed E-state index contributed by atoms with van der Waals surface area (Å²) in [5, 5.41) is 22.1. The van der Waals surface area contributed by atoms with E-state index in [1.165, 1.54) is 0 Å². The first kappa shape index (κ1) is 16.4. The molecule has 0 aliphatic heterocycles. The first-order valence-electron chi connectivity index (χ1n) is 6.23. The zero-order valence-electron chi connectivity index (χ0n) is 11.0. The smallest absolute Gasteiger partial charge is 0.308 e. The van der Waals surface area contributed by atoms with Crippen molar-refractivity contribution in [1.29, 1.82) is 0 Å². The molecule has 0 bridgehead atoms. The highest BCUT2D eigenvalue weighted by Gasteiger charge is 2.25. The average Bonchev–Trinajstić information content (AvgIpc) is 2.32. The number of ether oxygens (including phenoxy) is 1. The third-order valence-corrected chi connectivity index (χ3v) is 3.08. The maximum absolute atomic E-state index is 11.1.